The lowest BCUT2D eigenvalue weighted by molar-refractivity contribution is -0.254. The number of thiophene rings is 2. The van der Waals surface area contributed by atoms with Gasteiger partial charge in [-0.15, -0.1) is 22.7 Å². The molecular weight excluding hydrogens is 663 g/mol. The molecule has 0 atom stereocenters. The van der Waals surface area contributed by atoms with Crippen LogP contribution in [-0.2, 0) is 20.2 Å². The molecule has 228 valence electrons. The highest BCUT2D eigenvalue weighted by atomic mass is 32.2. The first-order valence-corrected chi connectivity index (χ1v) is 16.5. The number of benzene rings is 2. The van der Waals surface area contributed by atoms with Gasteiger partial charge in [0.25, 0.3) is 20.2 Å². The summed E-state index contributed by atoms with van der Waals surface area (Å²) in [5, 5.41) is 0. The van der Waals surface area contributed by atoms with E-state index >= 15 is 17.6 Å². The van der Waals surface area contributed by atoms with Crippen LogP contribution in [0.25, 0.3) is 32.0 Å². The van der Waals surface area contributed by atoms with Crippen LogP contribution < -0.4 is 0 Å². The topological polar surface area (TPSA) is 109 Å². The van der Waals surface area contributed by atoms with E-state index in [-0.39, 0.29) is 30.6 Å². The summed E-state index contributed by atoms with van der Waals surface area (Å²) in [5.74, 6) is -16.4. The maximum Gasteiger partial charge on any atom is 0.380 e. The van der Waals surface area contributed by atoms with Gasteiger partial charge in [0.15, 0.2) is 0 Å². The van der Waals surface area contributed by atoms with Crippen LogP contribution >= 0.6 is 22.7 Å². The Hall–Kier alpha value is -3.02. The standard InChI is InChI=1S/C27H18F6O6S4/c1-13-19(11-21(40-13)15-3-7-17(8-4-15)42(34,35)36)23-24(26(30,31)27(32,33)25(23,28)29)20-12-22(41-14(20)2)16-5-9-18(10-6-16)43(37,38)39/h3-12H,1-2H3,(H,34,35,36)(H,37,38,39). The number of allylic oxidation sites excluding steroid dienone is 2. The highest BCUT2D eigenvalue weighted by molar-refractivity contribution is 7.86. The monoisotopic (exact) mass is 680 g/mol. The highest BCUT2D eigenvalue weighted by Gasteiger charge is 2.80. The van der Waals surface area contributed by atoms with Gasteiger partial charge in [-0.3, -0.25) is 9.11 Å². The molecule has 0 radical (unpaired) electrons. The second kappa shape index (κ2) is 10.0. The van der Waals surface area contributed by atoms with Crippen LogP contribution in [0.1, 0.15) is 20.9 Å². The summed E-state index contributed by atoms with van der Waals surface area (Å²) < 4.78 is 155. The maximum absolute atomic E-state index is 15.4. The summed E-state index contributed by atoms with van der Waals surface area (Å²) >= 11 is 1.68. The van der Waals surface area contributed by atoms with Crippen molar-refractivity contribution in [2.75, 3.05) is 0 Å². The van der Waals surface area contributed by atoms with Gasteiger partial charge in [-0.05, 0) is 72.5 Å². The quantitative estimate of drug-likeness (QED) is 0.158. The zero-order valence-corrected chi connectivity index (χ0v) is 25.0. The average Bonchev–Trinajstić information content (AvgIpc) is 3.50. The Morgan fingerprint density at radius 2 is 0.884 bits per heavy atom. The third kappa shape index (κ3) is 5.03. The number of aryl methyl sites for hydroxylation is 2. The molecule has 2 aromatic heterocycles. The van der Waals surface area contributed by atoms with Crippen LogP contribution in [0, 0.1) is 13.8 Å². The van der Waals surface area contributed by atoms with Crippen LogP contribution in [0.3, 0.4) is 0 Å². The molecule has 2 heterocycles. The molecule has 6 nitrogen and oxygen atoms in total. The van der Waals surface area contributed by atoms with Crippen LogP contribution in [-0.4, -0.2) is 43.7 Å². The lowest BCUT2D eigenvalue weighted by Crippen LogP contribution is -2.48. The fraction of sp³-hybridized carbons (Fsp3) is 0.185. The van der Waals surface area contributed by atoms with Crippen molar-refractivity contribution in [1.29, 1.82) is 0 Å². The van der Waals surface area contributed by atoms with E-state index in [0.717, 1.165) is 59.1 Å². The molecule has 0 saturated heterocycles. The van der Waals surface area contributed by atoms with Crippen LogP contribution in [0.5, 0.6) is 0 Å². The Morgan fingerprint density at radius 3 is 1.16 bits per heavy atom. The lowest BCUT2D eigenvalue weighted by atomic mass is 9.94. The Bertz CT molecular complexity index is 1860. The average molecular weight is 681 g/mol. The summed E-state index contributed by atoms with van der Waals surface area (Å²) in [4.78, 5) is -0.484. The van der Waals surface area contributed by atoms with Crippen molar-refractivity contribution < 1.29 is 52.3 Å². The van der Waals surface area contributed by atoms with E-state index in [1.165, 1.54) is 38.1 Å². The number of hydrogen-bond acceptors (Lipinski definition) is 6. The van der Waals surface area contributed by atoms with E-state index in [9.17, 15) is 34.7 Å². The minimum absolute atomic E-state index is 0.0171. The SMILES string of the molecule is Cc1sc(-c2ccc(S(=O)(=O)O)cc2)cc1C1=C(c2cc(-c3ccc(S(=O)(=O)O)cc3)sc2C)C(F)(F)C(F)(F)C1(F)F. The summed E-state index contributed by atoms with van der Waals surface area (Å²) in [6, 6.07) is 11.2. The largest absolute Gasteiger partial charge is 0.380 e. The van der Waals surface area contributed by atoms with Gasteiger partial charge in [0.2, 0.25) is 0 Å². The molecule has 0 spiro atoms. The first-order chi connectivity index (χ1) is 19.7. The summed E-state index contributed by atoms with van der Waals surface area (Å²) in [6.45, 7) is 2.60. The number of hydrogen-bond donors (Lipinski definition) is 2. The highest BCUT2D eigenvalue weighted by Crippen LogP contribution is 2.66. The van der Waals surface area contributed by atoms with Gasteiger partial charge in [0, 0.05) is 30.7 Å². The predicted molar refractivity (Wildman–Crippen MR) is 150 cm³/mol. The molecule has 1 aliphatic rings. The van der Waals surface area contributed by atoms with E-state index in [0.29, 0.717) is 0 Å². The molecule has 4 aromatic rings. The molecule has 2 aromatic carbocycles. The first kappa shape index (κ1) is 31.4. The van der Waals surface area contributed by atoms with E-state index in [4.69, 9.17) is 0 Å². The number of rotatable bonds is 6. The third-order valence-electron chi connectivity index (χ3n) is 6.91. The van der Waals surface area contributed by atoms with Gasteiger partial charge in [0.1, 0.15) is 0 Å². The molecule has 0 bridgehead atoms. The zero-order valence-electron chi connectivity index (χ0n) is 21.7. The summed E-state index contributed by atoms with van der Waals surface area (Å²) in [6.07, 6.45) is 0. The minimum atomic E-state index is -5.79. The molecule has 0 amide bonds. The maximum atomic E-state index is 15.4. The van der Waals surface area contributed by atoms with Crippen molar-refractivity contribution in [1.82, 2.24) is 0 Å². The number of halogens is 6. The van der Waals surface area contributed by atoms with Gasteiger partial charge in [0.05, 0.1) is 9.79 Å². The molecule has 0 unspecified atom stereocenters. The van der Waals surface area contributed by atoms with Crippen LogP contribution in [0.2, 0.25) is 0 Å². The minimum Gasteiger partial charge on any atom is -0.282 e. The molecule has 0 aliphatic heterocycles. The predicted octanol–water partition coefficient (Wildman–Crippen LogP) is 8.08. The molecule has 1 aliphatic carbocycles. The molecule has 0 saturated carbocycles. The second-order valence-corrected chi connectivity index (χ2v) is 15.0. The van der Waals surface area contributed by atoms with Crippen molar-refractivity contribution in [3.63, 3.8) is 0 Å². The van der Waals surface area contributed by atoms with Crippen molar-refractivity contribution in [2.24, 2.45) is 0 Å². The third-order valence-corrected chi connectivity index (χ3v) is 10.8. The molecule has 43 heavy (non-hydrogen) atoms. The van der Waals surface area contributed by atoms with E-state index < -0.39 is 70.1 Å². The Balaban J connectivity index is 1.70. The Kier molecular flexibility index (Phi) is 7.30. The van der Waals surface area contributed by atoms with Crippen molar-refractivity contribution >= 4 is 54.1 Å². The zero-order chi connectivity index (χ0) is 31.9. The van der Waals surface area contributed by atoms with Gasteiger partial charge in [-0.2, -0.15) is 43.2 Å². The van der Waals surface area contributed by atoms with Gasteiger partial charge < -0.3 is 0 Å². The first-order valence-electron chi connectivity index (χ1n) is 11.9. The summed E-state index contributed by atoms with van der Waals surface area (Å²) in [7, 11) is -9.07. The molecule has 16 heteroatoms. The van der Waals surface area contributed by atoms with Crippen LogP contribution in [0.4, 0.5) is 26.3 Å². The van der Waals surface area contributed by atoms with Crippen molar-refractivity contribution in [3.05, 3.63) is 81.5 Å². The van der Waals surface area contributed by atoms with Gasteiger partial charge >= 0.3 is 17.8 Å². The second-order valence-electron chi connectivity index (χ2n) is 9.63. The Morgan fingerprint density at radius 1 is 0.581 bits per heavy atom. The Labute approximate surface area is 249 Å². The molecule has 5 rings (SSSR count). The fourth-order valence-corrected chi connectivity index (χ4v) is 7.78. The summed E-state index contributed by atoms with van der Waals surface area (Å²) in [5.41, 5.74) is -3.66. The molecule has 2 N–H and O–H groups in total. The lowest BCUT2D eigenvalue weighted by Gasteiger charge is -2.25. The number of alkyl halides is 6. The van der Waals surface area contributed by atoms with Gasteiger partial charge in [-0.25, -0.2) is 0 Å². The van der Waals surface area contributed by atoms with E-state index in [1.807, 2.05) is 0 Å². The van der Waals surface area contributed by atoms with Gasteiger partial charge in [-0.1, -0.05) is 24.3 Å². The molecular formula is C27H18F6O6S4. The smallest absolute Gasteiger partial charge is 0.282 e. The molecule has 0 fully saturated rings. The van der Waals surface area contributed by atoms with Crippen LogP contribution in [0.15, 0.2) is 70.5 Å². The normalized spacial score (nSPS) is 17.9. The van der Waals surface area contributed by atoms with E-state index in [1.54, 1.807) is 0 Å². The fourth-order valence-electron chi connectivity index (χ4n) is 4.76. The van der Waals surface area contributed by atoms with E-state index in [2.05, 4.69) is 0 Å². The van der Waals surface area contributed by atoms with Crippen molar-refractivity contribution in [2.45, 2.75) is 41.4 Å². The van der Waals surface area contributed by atoms with Crippen molar-refractivity contribution in [3.8, 4) is 20.9 Å².